The number of nitro benzene ring substituents is 1. The number of nitro groups is 1. The van der Waals surface area contributed by atoms with Crippen LogP contribution in [0, 0.1) is 24.0 Å². The molecule has 0 amide bonds. The first-order valence-electron chi connectivity index (χ1n) is 7.97. The molecule has 3 aromatic rings. The van der Waals surface area contributed by atoms with E-state index in [4.69, 9.17) is 4.74 Å². The number of aromatic nitrogens is 1. The highest BCUT2D eigenvalue weighted by atomic mass is 16.6. The summed E-state index contributed by atoms with van der Waals surface area (Å²) in [5.74, 6) is -0.476. The maximum Gasteiger partial charge on any atom is 0.355 e. The molecule has 1 N–H and O–H groups in total. The molecule has 2 aromatic carbocycles. The Kier molecular flexibility index (Phi) is 4.27. The van der Waals surface area contributed by atoms with Crippen LogP contribution in [-0.2, 0) is 4.74 Å². The molecule has 0 saturated heterocycles. The van der Waals surface area contributed by atoms with E-state index >= 15 is 0 Å². The summed E-state index contributed by atoms with van der Waals surface area (Å²) in [5.41, 5.74) is 4.48. The van der Waals surface area contributed by atoms with Crippen molar-refractivity contribution in [1.82, 2.24) is 4.98 Å². The lowest BCUT2D eigenvalue weighted by Gasteiger charge is -2.06. The van der Waals surface area contributed by atoms with Gasteiger partial charge >= 0.3 is 5.97 Å². The van der Waals surface area contributed by atoms with Crippen molar-refractivity contribution in [2.24, 2.45) is 0 Å². The number of esters is 1. The molecular weight excluding hydrogens is 320 g/mol. The third-order valence-electron chi connectivity index (χ3n) is 4.24. The van der Waals surface area contributed by atoms with Crippen molar-refractivity contribution in [1.29, 1.82) is 0 Å². The normalized spacial score (nSPS) is 10.8. The molecule has 0 aliphatic heterocycles. The van der Waals surface area contributed by atoms with Crippen LogP contribution in [0.4, 0.5) is 5.69 Å². The highest BCUT2D eigenvalue weighted by molar-refractivity contribution is 6.08. The van der Waals surface area contributed by atoms with Gasteiger partial charge in [-0.3, -0.25) is 10.1 Å². The number of non-ortho nitro benzene ring substituents is 1. The molecule has 0 aliphatic rings. The van der Waals surface area contributed by atoms with E-state index in [9.17, 15) is 14.9 Å². The van der Waals surface area contributed by atoms with Gasteiger partial charge in [-0.15, -0.1) is 0 Å². The number of ether oxygens (including phenoxy) is 1. The third kappa shape index (κ3) is 2.98. The molecule has 1 aromatic heterocycles. The van der Waals surface area contributed by atoms with Gasteiger partial charge in [0.25, 0.3) is 5.69 Å². The number of carbonyl (C=O) groups is 1. The van der Waals surface area contributed by atoms with Gasteiger partial charge < -0.3 is 9.72 Å². The monoisotopic (exact) mass is 338 g/mol. The van der Waals surface area contributed by atoms with Crippen LogP contribution in [0.15, 0.2) is 36.4 Å². The van der Waals surface area contributed by atoms with Gasteiger partial charge in [-0.2, -0.15) is 0 Å². The first-order chi connectivity index (χ1) is 11.9. The Bertz CT molecular complexity index is 988. The molecule has 0 saturated carbocycles. The van der Waals surface area contributed by atoms with E-state index in [-0.39, 0.29) is 12.3 Å². The second-order valence-corrected chi connectivity index (χ2v) is 5.88. The van der Waals surface area contributed by atoms with Gasteiger partial charge in [0.1, 0.15) is 5.69 Å². The minimum atomic E-state index is -0.476. The average molecular weight is 338 g/mol. The van der Waals surface area contributed by atoms with Crippen LogP contribution in [0.3, 0.4) is 0 Å². The second kappa shape index (κ2) is 6.39. The summed E-state index contributed by atoms with van der Waals surface area (Å²) < 4.78 is 5.15. The number of carbonyl (C=O) groups excluding carboxylic acids is 1. The Labute approximate surface area is 144 Å². The molecule has 0 radical (unpaired) electrons. The maximum atomic E-state index is 12.4. The number of H-pyrrole nitrogens is 1. The summed E-state index contributed by atoms with van der Waals surface area (Å²) in [4.78, 5) is 26.2. The summed E-state index contributed by atoms with van der Waals surface area (Å²) in [7, 11) is 0. The quantitative estimate of drug-likeness (QED) is 0.430. The lowest BCUT2D eigenvalue weighted by atomic mass is 9.98. The lowest BCUT2D eigenvalue weighted by molar-refractivity contribution is -0.384. The number of aryl methyl sites for hydroxylation is 2. The number of fused-ring (bicyclic) bond motifs is 1. The molecule has 0 fully saturated rings. The Morgan fingerprint density at radius 1 is 1.20 bits per heavy atom. The van der Waals surface area contributed by atoms with Crippen LogP contribution in [0.1, 0.15) is 28.5 Å². The molecule has 0 atom stereocenters. The fraction of sp³-hybridized carbons (Fsp3) is 0.211. The van der Waals surface area contributed by atoms with Crippen LogP contribution < -0.4 is 0 Å². The van der Waals surface area contributed by atoms with Gasteiger partial charge in [0, 0.05) is 28.6 Å². The standard InChI is InChI=1S/C19H18N2O4/c1-4-25-19(22)18-17(13-6-5-7-14(10-13)21(23)24)15-8-11(2)12(3)9-16(15)20-18/h5-10,20H,4H2,1-3H3. The fourth-order valence-electron chi connectivity index (χ4n) is 2.89. The van der Waals surface area contributed by atoms with Crippen molar-refractivity contribution in [3.8, 4) is 11.1 Å². The van der Waals surface area contributed by atoms with E-state index in [2.05, 4.69) is 4.98 Å². The van der Waals surface area contributed by atoms with E-state index in [1.807, 2.05) is 26.0 Å². The van der Waals surface area contributed by atoms with Crippen molar-refractivity contribution in [3.05, 3.63) is 63.3 Å². The fourth-order valence-corrected chi connectivity index (χ4v) is 2.89. The van der Waals surface area contributed by atoms with E-state index in [0.29, 0.717) is 16.8 Å². The predicted octanol–water partition coefficient (Wildman–Crippen LogP) is 4.54. The van der Waals surface area contributed by atoms with Crippen LogP contribution in [-0.4, -0.2) is 22.5 Å². The topological polar surface area (TPSA) is 85.2 Å². The minimum Gasteiger partial charge on any atom is -0.461 e. The molecule has 0 bridgehead atoms. The summed E-state index contributed by atoms with van der Waals surface area (Å²) in [6, 6.07) is 10.2. The van der Waals surface area contributed by atoms with Crippen molar-refractivity contribution < 1.29 is 14.5 Å². The average Bonchev–Trinajstić information content (AvgIpc) is 2.94. The van der Waals surface area contributed by atoms with Crippen molar-refractivity contribution in [2.45, 2.75) is 20.8 Å². The van der Waals surface area contributed by atoms with Gasteiger partial charge in [0.15, 0.2) is 0 Å². The zero-order valence-corrected chi connectivity index (χ0v) is 14.3. The number of nitrogens with one attached hydrogen (secondary N) is 1. The first-order valence-corrected chi connectivity index (χ1v) is 7.97. The smallest absolute Gasteiger partial charge is 0.355 e. The second-order valence-electron chi connectivity index (χ2n) is 5.88. The highest BCUT2D eigenvalue weighted by Crippen LogP contribution is 2.35. The van der Waals surface area contributed by atoms with Crippen molar-refractivity contribution in [2.75, 3.05) is 6.61 Å². The molecule has 128 valence electrons. The van der Waals surface area contributed by atoms with Crippen LogP contribution in [0.5, 0.6) is 0 Å². The van der Waals surface area contributed by atoms with Crippen LogP contribution in [0.25, 0.3) is 22.0 Å². The number of hydrogen-bond donors (Lipinski definition) is 1. The zero-order valence-electron chi connectivity index (χ0n) is 14.3. The summed E-state index contributed by atoms with van der Waals surface area (Å²) in [5, 5.41) is 12.0. The van der Waals surface area contributed by atoms with Crippen LogP contribution in [0.2, 0.25) is 0 Å². The van der Waals surface area contributed by atoms with E-state index in [1.54, 1.807) is 19.1 Å². The molecule has 0 unspecified atom stereocenters. The Hall–Kier alpha value is -3.15. The van der Waals surface area contributed by atoms with E-state index < -0.39 is 10.9 Å². The first kappa shape index (κ1) is 16.7. The molecule has 0 spiro atoms. The number of rotatable bonds is 4. The summed E-state index contributed by atoms with van der Waals surface area (Å²) >= 11 is 0. The SMILES string of the molecule is CCOC(=O)c1[nH]c2cc(C)c(C)cc2c1-c1cccc([N+](=O)[O-])c1. The number of aromatic amines is 1. The van der Waals surface area contributed by atoms with Gasteiger partial charge in [-0.1, -0.05) is 12.1 Å². The highest BCUT2D eigenvalue weighted by Gasteiger charge is 2.22. The Morgan fingerprint density at radius 3 is 2.60 bits per heavy atom. The largest absolute Gasteiger partial charge is 0.461 e. The molecule has 25 heavy (non-hydrogen) atoms. The van der Waals surface area contributed by atoms with Gasteiger partial charge in [0.2, 0.25) is 0 Å². The van der Waals surface area contributed by atoms with E-state index in [0.717, 1.165) is 22.0 Å². The number of hydrogen-bond acceptors (Lipinski definition) is 4. The van der Waals surface area contributed by atoms with Gasteiger partial charge in [-0.05, 0) is 49.6 Å². The summed E-state index contributed by atoms with van der Waals surface area (Å²) in [6.07, 6.45) is 0. The maximum absolute atomic E-state index is 12.4. The van der Waals surface area contributed by atoms with Crippen molar-refractivity contribution in [3.63, 3.8) is 0 Å². The molecule has 3 rings (SSSR count). The minimum absolute atomic E-state index is 0.0227. The number of benzene rings is 2. The lowest BCUT2D eigenvalue weighted by Crippen LogP contribution is -2.06. The van der Waals surface area contributed by atoms with Crippen molar-refractivity contribution >= 4 is 22.6 Å². The molecular formula is C19H18N2O4. The van der Waals surface area contributed by atoms with Gasteiger partial charge in [0.05, 0.1) is 11.5 Å². The molecule has 6 heteroatoms. The molecule has 1 heterocycles. The molecule has 6 nitrogen and oxygen atoms in total. The summed E-state index contributed by atoms with van der Waals surface area (Å²) in [6.45, 7) is 5.97. The Balaban J connectivity index is 2.32. The van der Waals surface area contributed by atoms with Crippen LogP contribution >= 0.6 is 0 Å². The van der Waals surface area contributed by atoms with Gasteiger partial charge in [-0.25, -0.2) is 4.79 Å². The zero-order chi connectivity index (χ0) is 18.1. The predicted molar refractivity (Wildman–Crippen MR) is 95.8 cm³/mol. The third-order valence-corrected chi connectivity index (χ3v) is 4.24. The molecule has 0 aliphatic carbocycles. The van der Waals surface area contributed by atoms with E-state index in [1.165, 1.54) is 12.1 Å². The Morgan fingerprint density at radius 2 is 1.92 bits per heavy atom. The number of nitrogens with zero attached hydrogens (tertiary/aromatic N) is 1.